The van der Waals surface area contributed by atoms with Gasteiger partial charge >= 0.3 is 0 Å². The molecule has 1 aromatic carbocycles. The summed E-state index contributed by atoms with van der Waals surface area (Å²) in [6.45, 7) is 0.550. The molecular weight excluding hydrogens is 371 g/mol. The van der Waals surface area contributed by atoms with Gasteiger partial charge in [0.1, 0.15) is 17.9 Å². The molecule has 0 saturated carbocycles. The van der Waals surface area contributed by atoms with Crippen molar-refractivity contribution in [3.05, 3.63) is 70.5 Å². The fourth-order valence-corrected chi connectivity index (χ4v) is 3.62. The fourth-order valence-electron chi connectivity index (χ4n) is 3.62. The van der Waals surface area contributed by atoms with Crippen molar-refractivity contribution in [3.63, 3.8) is 0 Å². The van der Waals surface area contributed by atoms with Gasteiger partial charge in [-0.05, 0) is 62.4 Å². The second kappa shape index (κ2) is 8.43. The lowest BCUT2D eigenvalue weighted by atomic mass is 9.97. The highest BCUT2D eigenvalue weighted by molar-refractivity contribution is 5.76. The largest absolute Gasteiger partial charge is 0.354 e. The lowest BCUT2D eigenvalue weighted by molar-refractivity contribution is -0.121. The van der Waals surface area contributed by atoms with E-state index in [9.17, 15) is 14.0 Å². The average molecular weight is 394 g/mol. The smallest absolute Gasteiger partial charge is 0.277 e. The van der Waals surface area contributed by atoms with Crippen LogP contribution in [-0.2, 0) is 11.3 Å². The van der Waals surface area contributed by atoms with Gasteiger partial charge in [0.2, 0.25) is 5.91 Å². The summed E-state index contributed by atoms with van der Waals surface area (Å²) in [4.78, 5) is 25.0. The van der Waals surface area contributed by atoms with Crippen LogP contribution in [-0.4, -0.2) is 26.6 Å². The van der Waals surface area contributed by atoms with E-state index >= 15 is 0 Å². The Balaban J connectivity index is 1.44. The van der Waals surface area contributed by atoms with Crippen molar-refractivity contribution in [2.75, 3.05) is 6.54 Å². The van der Waals surface area contributed by atoms with E-state index in [4.69, 9.17) is 0 Å². The Hall–Kier alpha value is -3.22. The minimum Gasteiger partial charge on any atom is -0.354 e. The summed E-state index contributed by atoms with van der Waals surface area (Å²) in [5.41, 5.74) is 2.77. The van der Waals surface area contributed by atoms with Gasteiger partial charge in [-0.3, -0.25) is 9.59 Å². The molecule has 0 atom stereocenters. The number of halogens is 1. The van der Waals surface area contributed by atoms with Gasteiger partial charge in [-0.25, -0.2) is 8.91 Å². The number of hydrogen-bond acceptors (Lipinski definition) is 3. The summed E-state index contributed by atoms with van der Waals surface area (Å²) in [5, 5.41) is 7.26. The number of amides is 1. The van der Waals surface area contributed by atoms with E-state index in [0.717, 1.165) is 24.8 Å². The van der Waals surface area contributed by atoms with E-state index in [1.54, 1.807) is 30.6 Å². The van der Waals surface area contributed by atoms with Gasteiger partial charge in [0.05, 0.1) is 5.69 Å². The van der Waals surface area contributed by atoms with E-state index in [-0.39, 0.29) is 23.8 Å². The van der Waals surface area contributed by atoms with Crippen LogP contribution in [0.2, 0.25) is 0 Å². The first-order valence-electron chi connectivity index (χ1n) is 9.89. The molecule has 0 spiro atoms. The number of carbonyl (C=O) groups is 1. The lowest BCUT2D eigenvalue weighted by Gasteiger charge is -2.13. The summed E-state index contributed by atoms with van der Waals surface area (Å²) in [6, 6.07) is 7.59. The van der Waals surface area contributed by atoms with Gasteiger partial charge in [-0.15, -0.1) is 0 Å². The topological polar surface area (TPSA) is 68.4 Å². The van der Waals surface area contributed by atoms with Crippen LogP contribution in [0.25, 0.3) is 16.8 Å². The first-order chi connectivity index (χ1) is 14.1. The number of aromatic nitrogens is 3. The first kappa shape index (κ1) is 19.1. The zero-order valence-electron chi connectivity index (χ0n) is 16.1. The molecule has 0 radical (unpaired) electrons. The van der Waals surface area contributed by atoms with Crippen molar-refractivity contribution in [1.82, 2.24) is 19.5 Å². The number of benzene rings is 1. The maximum atomic E-state index is 13.1. The van der Waals surface area contributed by atoms with Crippen molar-refractivity contribution in [2.45, 2.75) is 38.6 Å². The molecule has 2 aromatic heterocycles. The summed E-state index contributed by atoms with van der Waals surface area (Å²) >= 11 is 0. The van der Waals surface area contributed by atoms with Crippen LogP contribution in [0.15, 0.2) is 59.2 Å². The molecule has 1 amide bonds. The number of nitrogens with one attached hydrogen (secondary N) is 1. The van der Waals surface area contributed by atoms with Crippen LogP contribution in [0.1, 0.15) is 32.1 Å². The zero-order valence-corrected chi connectivity index (χ0v) is 16.1. The Labute approximate surface area is 167 Å². The molecule has 150 valence electrons. The molecule has 29 heavy (non-hydrogen) atoms. The van der Waals surface area contributed by atoms with Gasteiger partial charge in [0.15, 0.2) is 0 Å². The number of carbonyl (C=O) groups excluding carboxylic acids is 1. The van der Waals surface area contributed by atoms with Crippen LogP contribution in [0.3, 0.4) is 0 Å². The molecule has 4 rings (SSSR count). The molecule has 7 heteroatoms. The van der Waals surface area contributed by atoms with Crippen LogP contribution in [0.5, 0.6) is 0 Å². The van der Waals surface area contributed by atoms with Crippen LogP contribution in [0.4, 0.5) is 4.39 Å². The maximum Gasteiger partial charge on any atom is 0.277 e. The molecule has 3 aromatic rings. The molecule has 0 aliphatic heterocycles. The Morgan fingerprint density at radius 1 is 1.17 bits per heavy atom. The van der Waals surface area contributed by atoms with Crippen molar-refractivity contribution in [2.24, 2.45) is 0 Å². The summed E-state index contributed by atoms with van der Waals surface area (Å²) < 4.78 is 16.0. The molecule has 2 heterocycles. The van der Waals surface area contributed by atoms with Gasteiger partial charge in [0.25, 0.3) is 5.56 Å². The van der Waals surface area contributed by atoms with E-state index in [2.05, 4.69) is 16.5 Å². The molecule has 0 bridgehead atoms. The normalized spacial score (nSPS) is 14.0. The van der Waals surface area contributed by atoms with Gasteiger partial charge < -0.3 is 9.88 Å². The third-order valence-corrected chi connectivity index (χ3v) is 5.21. The minimum absolute atomic E-state index is 0.0363. The van der Waals surface area contributed by atoms with Crippen LogP contribution >= 0.6 is 0 Å². The zero-order chi connectivity index (χ0) is 20.2. The highest BCUT2D eigenvalue weighted by Crippen LogP contribution is 2.20. The maximum absolute atomic E-state index is 13.1. The monoisotopic (exact) mass is 394 g/mol. The van der Waals surface area contributed by atoms with Gasteiger partial charge in [-0.1, -0.05) is 11.6 Å². The fraction of sp³-hybridized carbons (Fsp3) is 0.318. The van der Waals surface area contributed by atoms with Crippen molar-refractivity contribution in [3.8, 4) is 11.3 Å². The molecule has 1 aliphatic rings. The number of nitrogens with zero attached hydrogens (tertiary/aromatic N) is 3. The highest BCUT2D eigenvalue weighted by Gasteiger charge is 2.12. The first-order valence-corrected chi connectivity index (χ1v) is 9.89. The second-order valence-electron chi connectivity index (χ2n) is 7.31. The molecule has 6 nitrogen and oxygen atoms in total. The van der Waals surface area contributed by atoms with E-state index in [1.807, 2.05) is 0 Å². The van der Waals surface area contributed by atoms with Crippen LogP contribution in [0, 0.1) is 5.82 Å². The SMILES string of the molecule is O=C(Cn1ccn2nc(-c3ccc(F)cc3)cc2c1=O)NCCC1=CCCCC1. The summed E-state index contributed by atoms with van der Waals surface area (Å²) in [5.74, 6) is -0.517. The number of rotatable bonds is 6. The predicted octanol–water partition coefficient (Wildman–Crippen LogP) is 3.31. The standard InChI is InChI=1S/C22H23FN4O2/c23-18-8-6-17(7-9-18)19-14-20-22(29)26(12-13-27(20)25-19)15-21(28)24-11-10-16-4-2-1-3-5-16/h4,6-9,12-14H,1-3,5,10-11,15H2,(H,24,28). The molecule has 1 aliphatic carbocycles. The highest BCUT2D eigenvalue weighted by atomic mass is 19.1. The Kier molecular flexibility index (Phi) is 5.55. The van der Waals surface area contributed by atoms with Gasteiger partial charge in [0, 0.05) is 24.5 Å². The third-order valence-electron chi connectivity index (χ3n) is 5.21. The van der Waals surface area contributed by atoms with Crippen molar-refractivity contribution < 1.29 is 9.18 Å². The van der Waals surface area contributed by atoms with Crippen molar-refractivity contribution in [1.29, 1.82) is 0 Å². The number of hydrogen-bond donors (Lipinski definition) is 1. The quantitative estimate of drug-likeness (QED) is 0.652. The Morgan fingerprint density at radius 3 is 2.76 bits per heavy atom. The number of fused-ring (bicyclic) bond motifs is 1. The second-order valence-corrected chi connectivity index (χ2v) is 7.31. The molecule has 0 unspecified atom stereocenters. The average Bonchev–Trinajstić information content (AvgIpc) is 3.17. The van der Waals surface area contributed by atoms with Crippen molar-refractivity contribution >= 4 is 11.4 Å². The van der Waals surface area contributed by atoms with E-state index in [0.29, 0.717) is 17.8 Å². The summed E-state index contributed by atoms with van der Waals surface area (Å²) in [7, 11) is 0. The Morgan fingerprint density at radius 2 is 2.00 bits per heavy atom. The minimum atomic E-state index is -0.328. The van der Waals surface area contributed by atoms with Crippen LogP contribution < -0.4 is 10.9 Å². The predicted molar refractivity (Wildman–Crippen MR) is 109 cm³/mol. The third kappa shape index (κ3) is 4.45. The molecule has 0 saturated heterocycles. The van der Waals surface area contributed by atoms with Gasteiger partial charge in [-0.2, -0.15) is 5.10 Å². The summed E-state index contributed by atoms with van der Waals surface area (Å²) in [6.07, 6.45) is 11.0. The van der Waals surface area contributed by atoms with E-state index in [1.165, 1.54) is 39.6 Å². The van der Waals surface area contributed by atoms with E-state index < -0.39 is 0 Å². The number of allylic oxidation sites excluding steroid dienone is 1. The molecule has 0 fully saturated rings. The lowest BCUT2D eigenvalue weighted by Crippen LogP contribution is -2.33. The molecule has 1 N–H and O–H groups in total. The Bertz CT molecular complexity index is 1110. The molecular formula is C22H23FN4O2.